The summed E-state index contributed by atoms with van der Waals surface area (Å²) in [5.41, 5.74) is 5.00. The number of carbonyl (C=O) groups is 1. The molecule has 1 saturated carbocycles. The van der Waals surface area contributed by atoms with Gasteiger partial charge < -0.3 is 9.47 Å². The summed E-state index contributed by atoms with van der Waals surface area (Å²) >= 11 is 0. The summed E-state index contributed by atoms with van der Waals surface area (Å²) in [6, 6.07) is 8.72. The average Bonchev–Trinajstić information content (AvgIpc) is 2.73. The first-order chi connectivity index (χ1) is 15.1. The first kappa shape index (κ1) is 24.1. The standard InChI is InChI=1S/C27H38N2O3/c1-18-11-8-9-14-23(18)21-12-10-13-22(15-21)29(26(30)32-27(4,5)6)17-24-20(3)25(31-7)19(2)16-28-24/h8-9,11,14,16,21-22H,10,12-13,15,17H2,1-7H3. The average molecular weight is 439 g/mol. The van der Waals surface area contributed by atoms with Gasteiger partial charge in [-0.3, -0.25) is 9.88 Å². The number of hydrogen-bond donors (Lipinski definition) is 0. The van der Waals surface area contributed by atoms with Crippen molar-refractivity contribution in [1.29, 1.82) is 0 Å². The molecule has 1 amide bonds. The maximum absolute atomic E-state index is 13.3. The van der Waals surface area contributed by atoms with E-state index < -0.39 is 5.60 Å². The second-order valence-corrected chi connectivity index (χ2v) is 10.0. The van der Waals surface area contributed by atoms with E-state index in [4.69, 9.17) is 9.47 Å². The molecule has 1 aromatic heterocycles. The lowest BCUT2D eigenvalue weighted by molar-refractivity contribution is 0.00850. The number of benzene rings is 1. The smallest absolute Gasteiger partial charge is 0.410 e. The third-order valence-corrected chi connectivity index (χ3v) is 6.41. The third kappa shape index (κ3) is 5.62. The van der Waals surface area contributed by atoms with Crippen molar-refractivity contribution in [2.45, 2.75) is 91.3 Å². The molecule has 0 saturated heterocycles. The van der Waals surface area contributed by atoms with Crippen molar-refractivity contribution in [1.82, 2.24) is 9.88 Å². The van der Waals surface area contributed by atoms with E-state index in [-0.39, 0.29) is 12.1 Å². The zero-order chi connectivity index (χ0) is 23.5. The fraction of sp³-hybridized carbons (Fsp3) is 0.556. The van der Waals surface area contributed by atoms with Crippen LogP contribution in [0.15, 0.2) is 30.5 Å². The first-order valence-corrected chi connectivity index (χ1v) is 11.6. The summed E-state index contributed by atoms with van der Waals surface area (Å²) in [6.07, 6.45) is 5.71. The van der Waals surface area contributed by atoms with Crippen molar-refractivity contribution >= 4 is 6.09 Å². The van der Waals surface area contributed by atoms with Crippen LogP contribution in [0.4, 0.5) is 4.79 Å². The Balaban J connectivity index is 1.91. The number of methoxy groups -OCH3 is 1. The first-order valence-electron chi connectivity index (χ1n) is 11.6. The number of amides is 1. The van der Waals surface area contributed by atoms with E-state index >= 15 is 0 Å². The zero-order valence-corrected chi connectivity index (χ0v) is 20.7. The minimum atomic E-state index is -0.549. The van der Waals surface area contributed by atoms with Gasteiger partial charge in [0.15, 0.2) is 0 Å². The second-order valence-electron chi connectivity index (χ2n) is 10.0. The molecular weight excluding hydrogens is 400 g/mol. The molecular formula is C27H38N2O3. The zero-order valence-electron chi connectivity index (χ0n) is 20.7. The van der Waals surface area contributed by atoms with Crippen molar-refractivity contribution in [3.8, 4) is 5.75 Å². The Labute approximate surface area is 193 Å². The Bertz CT molecular complexity index is 948. The highest BCUT2D eigenvalue weighted by molar-refractivity contribution is 5.68. The topological polar surface area (TPSA) is 51.7 Å². The van der Waals surface area contributed by atoms with E-state index in [1.807, 2.05) is 45.7 Å². The van der Waals surface area contributed by atoms with E-state index in [1.165, 1.54) is 11.1 Å². The molecule has 1 fully saturated rings. The molecule has 2 aromatic rings. The largest absolute Gasteiger partial charge is 0.496 e. The van der Waals surface area contributed by atoms with Crippen LogP contribution in [0.1, 0.15) is 80.3 Å². The number of aromatic nitrogens is 1. The number of aryl methyl sites for hydroxylation is 2. The lowest BCUT2D eigenvalue weighted by Gasteiger charge is -2.38. The van der Waals surface area contributed by atoms with E-state index in [0.717, 1.165) is 48.3 Å². The van der Waals surface area contributed by atoms with Crippen LogP contribution in [0.25, 0.3) is 0 Å². The highest BCUT2D eigenvalue weighted by Crippen LogP contribution is 2.37. The van der Waals surface area contributed by atoms with E-state index in [1.54, 1.807) is 7.11 Å². The molecule has 0 spiro atoms. The number of carbonyl (C=O) groups excluding carboxylic acids is 1. The van der Waals surface area contributed by atoms with E-state index in [0.29, 0.717) is 12.5 Å². The van der Waals surface area contributed by atoms with Crippen LogP contribution in [-0.2, 0) is 11.3 Å². The molecule has 1 aliphatic rings. The maximum Gasteiger partial charge on any atom is 0.410 e. The number of hydrogen-bond acceptors (Lipinski definition) is 4. The molecule has 5 nitrogen and oxygen atoms in total. The molecule has 1 heterocycles. The van der Waals surface area contributed by atoms with Gasteiger partial charge in [-0.15, -0.1) is 0 Å². The minimum absolute atomic E-state index is 0.108. The maximum atomic E-state index is 13.3. The summed E-state index contributed by atoms with van der Waals surface area (Å²) in [5.74, 6) is 1.28. The van der Waals surface area contributed by atoms with Gasteiger partial charge in [-0.05, 0) is 77.8 Å². The Morgan fingerprint density at radius 3 is 2.50 bits per heavy atom. The van der Waals surface area contributed by atoms with Crippen molar-refractivity contribution in [2.24, 2.45) is 0 Å². The van der Waals surface area contributed by atoms with Crippen LogP contribution in [0, 0.1) is 20.8 Å². The van der Waals surface area contributed by atoms with Gasteiger partial charge in [0, 0.05) is 23.4 Å². The van der Waals surface area contributed by atoms with Crippen molar-refractivity contribution < 1.29 is 14.3 Å². The summed E-state index contributed by atoms with van der Waals surface area (Å²) in [7, 11) is 1.68. The summed E-state index contributed by atoms with van der Waals surface area (Å²) in [4.78, 5) is 19.9. The Morgan fingerprint density at radius 2 is 1.84 bits per heavy atom. The normalized spacial score (nSPS) is 18.8. The second kappa shape index (κ2) is 9.93. The van der Waals surface area contributed by atoms with Crippen LogP contribution in [0.3, 0.4) is 0 Å². The predicted octanol–water partition coefficient (Wildman–Crippen LogP) is 6.48. The van der Waals surface area contributed by atoms with E-state index in [2.05, 4.69) is 36.2 Å². The molecule has 0 radical (unpaired) electrons. The fourth-order valence-corrected chi connectivity index (χ4v) is 4.83. The predicted molar refractivity (Wildman–Crippen MR) is 128 cm³/mol. The molecule has 0 bridgehead atoms. The van der Waals surface area contributed by atoms with Crippen LogP contribution in [-0.4, -0.2) is 34.7 Å². The quantitative estimate of drug-likeness (QED) is 0.536. The molecule has 2 atom stereocenters. The molecule has 0 aliphatic heterocycles. The van der Waals surface area contributed by atoms with Gasteiger partial charge in [-0.1, -0.05) is 30.7 Å². The van der Waals surface area contributed by atoms with Crippen molar-refractivity contribution in [2.75, 3.05) is 7.11 Å². The fourth-order valence-electron chi connectivity index (χ4n) is 4.83. The molecule has 3 rings (SSSR count). The monoisotopic (exact) mass is 438 g/mol. The van der Waals surface area contributed by atoms with Crippen molar-refractivity contribution in [3.05, 3.63) is 58.4 Å². The minimum Gasteiger partial charge on any atom is -0.496 e. The molecule has 174 valence electrons. The number of rotatable bonds is 5. The lowest BCUT2D eigenvalue weighted by atomic mass is 9.79. The summed E-state index contributed by atoms with van der Waals surface area (Å²) < 4.78 is 11.4. The van der Waals surface area contributed by atoms with Crippen molar-refractivity contribution in [3.63, 3.8) is 0 Å². The number of nitrogens with zero attached hydrogens (tertiary/aromatic N) is 2. The molecule has 1 aromatic carbocycles. The lowest BCUT2D eigenvalue weighted by Crippen LogP contribution is -2.45. The SMILES string of the molecule is COc1c(C)cnc(CN(C(=O)OC(C)(C)C)C2CCCC(c3ccccc3C)C2)c1C. The van der Waals surface area contributed by atoms with Gasteiger partial charge in [-0.25, -0.2) is 4.79 Å². The summed E-state index contributed by atoms with van der Waals surface area (Å²) in [6.45, 7) is 12.3. The highest BCUT2D eigenvalue weighted by atomic mass is 16.6. The van der Waals surface area contributed by atoms with Gasteiger partial charge in [0.2, 0.25) is 0 Å². The van der Waals surface area contributed by atoms with Gasteiger partial charge >= 0.3 is 6.09 Å². The summed E-state index contributed by atoms with van der Waals surface area (Å²) in [5, 5.41) is 0. The molecule has 0 N–H and O–H groups in total. The Kier molecular flexibility index (Phi) is 7.47. The molecule has 5 heteroatoms. The van der Waals surface area contributed by atoms with Crippen LogP contribution < -0.4 is 4.74 Å². The van der Waals surface area contributed by atoms with Crippen LogP contribution in [0.5, 0.6) is 5.75 Å². The van der Waals surface area contributed by atoms with Gasteiger partial charge in [-0.2, -0.15) is 0 Å². The molecule has 2 unspecified atom stereocenters. The third-order valence-electron chi connectivity index (χ3n) is 6.41. The van der Waals surface area contributed by atoms with Gasteiger partial charge in [0.05, 0.1) is 19.3 Å². The number of ether oxygens (including phenoxy) is 2. The van der Waals surface area contributed by atoms with E-state index in [9.17, 15) is 4.79 Å². The number of pyridine rings is 1. The Morgan fingerprint density at radius 1 is 1.12 bits per heavy atom. The van der Waals surface area contributed by atoms with Crippen LogP contribution >= 0.6 is 0 Å². The highest BCUT2D eigenvalue weighted by Gasteiger charge is 2.34. The van der Waals surface area contributed by atoms with Gasteiger partial charge in [0.25, 0.3) is 0 Å². The molecule has 32 heavy (non-hydrogen) atoms. The Hall–Kier alpha value is -2.56. The van der Waals surface area contributed by atoms with Crippen LogP contribution in [0.2, 0.25) is 0 Å². The molecule has 1 aliphatic carbocycles. The van der Waals surface area contributed by atoms with Gasteiger partial charge in [0.1, 0.15) is 11.4 Å².